The van der Waals surface area contributed by atoms with E-state index in [1.54, 1.807) is 0 Å². The van der Waals surface area contributed by atoms with Gasteiger partial charge in [0, 0.05) is 0 Å². The van der Waals surface area contributed by atoms with E-state index in [2.05, 4.69) is 30.7 Å². The van der Waals surface area contributed by atoms with Crippen LogP contribution in [0.4, 0.5) is 11.1 Å². The zero-order chi connectivity index (χ0) is 13.0. The van der Waals surface area contributed by atoms with Gasteiger partial charge < -0.3 is 5.73 Å². The molecular formula is C8H11N7OS2. The lowest BCUT2D eigenvalue weighted by atomic mass is 10.5. The van der Waals surface area contributed by atoms with E-state index in [9.17, 15) is 4.79 Å². The Balaban J connectivity index is 1.81. The van der Waals surface area contributed by atoms with Gasteiger partial charge in [-0.2, -0.15) is 4.98 Å². The van der Waals surface area contributed by atoms with Crippen molar-refractivity contribution >= 4 is 40.1 Å². The van der Waals surface area contributed by atoms with Crippen molar-refractivity contribution < 1.29 is 4.79 Å². The van der Waals surface area contributed by atoms with Crippen LogP contribution in [0.5, 0.6) is 0 Å². The summed E-state index contributed by atoms with van der Waals surface area (Å²) in [5.41, 5.74) is 5.37. The van der Waals surface area contributed by atoms with Crippen LogP contribution < -0.4 is 11.1 Å². The summed E-state index contributed by atoms with van der Waals surface area (Å²) in [6.07, 6.45) is 0.804. The second-order valence-electron chi connectivity index (χ2n) is 3.19. The van der Waals surface area contributed by atoms with Crippen molar-refractivity contribution in [3.8, 4) is 0 Å². The first-order valence-electron chi connectivity index (χ1n) is 5.10. The topological polar surface area (TPSA) is 122 Å². The number of hydrogen-bond acceptors (Lipinski definition) is 8. The third-order valence-corrected chi connectivity index (χ3v) is 3.66. The number of H-pyrrole nitrogens is 1. The number of anilines is 2. The SMILES string of the molecule is CCc1nnc(NC(=O)CSc2n[nH]c(N)n2)s1. The van der Waals surface area contributed by atoms with Crippen molar-refractivity contribution in [2.24, 2.45) is 0 Å². The molecule has 4 N–H and O–H groups in total. The van der Waals surface area contributed by atoms with Crippen molar-refractivity contribution in [3.63, 3.8) is 0 Å². The summed E-state index contributed by atoms with van der Waals surface area (Å²) < 4.78 is 0. The first kappa shape index (κ1) is 12.8. The number of nitrogens with one attached hydrogen (secondary N) is 2. The lowest BCUT2D eigenvalue weighted by Gasteiger charge is -1.97. The quantitative estimate of drug-likeness (QED) is 0.685. The minimum atomic E-state index is -0.179. The predicted molar refractivity (Wildman–Crippen MR) is 69.4 cm³/mol. The predicted octanol–water partition coefficient (Wildman–Crippen LogP) is 0.532. The Labute approximate surface area is 111 Å². The molecule has 8 nitrogen and oxygen atoms in total. The van der Waals surface area contributed by atoms with Gasteiger partial charge in [-0.05, 0) is 6.42 Å². The second kappa shape index (κ2) is 5.78. The molecule has 0 saturated carbocycles. The maximum Gasteiger partial charge on any atom is 0.236 e. The number of aromatic nitrogens is 5. The highest BCUT2D eigenvalue weighted by Gasteiger charge is 2.09. The van der Waals surface area contributed by atoms with Crippen molar-refractivity contribution in [2.75, 3.05) is 16.8 Å². The van der Waals surface area contributed by atoms with Gasteiger partial charge in [0.25, 0.3) is 0 Å². The van der Waals surface area contributed by atoms with E-state index in [1.165, 1.54) is 23.1 Å². The van der Waals surface area contributed by atoms with Crippen LogP contribution >= 0.6 is 23.1 Å². The van der Waals surface area contributed by atoms with Crippen LogP contribution in [-0.4, -0.2) is 37.0 Å². The Kier molecular flexibility index (Phi) is 4.10. The fourth-order valence-corrected chi connectivity index (χ4v) is 2.36. The van der Waals surface area contributed by atoms with E-state index in [0.717, 1.165) is 11.4 Å². The first-order valence-corrected chi connectivity index (χ1v) is 6.90. The molecule has 2 aromatic rings. The summed E-state index contributed by atoms with van der Waals surface area (Å²) in [6, 6.07) is 0. The smallest absolute Gasteiger partial charge is 0.236 e. The monoisotopic (exact) mass is 285 g/mol. The van der Waals surface area contributed by atoms with Crippen LogP contribution in [0.2, 0.25) is 0 Å². The number of rotatable bonds is 5. The molecule has 0 aliphatic rings. The molecule has 0 atom stereocenters. The second-order valence-corrected chi connectivity index (χ2v) is 5.20. The molecular weight excluding hydrogens is 274 g/mol. The van der Waals surface area contributed by atoms with E-state index in [-0.39, 0.29) is 17.6 Å². The molecule has 0 fully saturated rings. The molecule has 18 heavy (non-hydrogen) atoms. The molecule has 0 saturated heterocycles. The van der Waals surface area contributed by atoms with Gasteiger partial charge in [0.2, 0.25) is 22.1 Å². The van der Waals surface area contributed by atoms with Crippen LogP contribution in [0.25, 0.3) is 0 Å². The number of nitrogens with two attached hydrogens (primary N) is 1. The van der Waals surface area contributed by atoms with Crippen LogP contribution in [-0.2, 0) is 11.2 Å². The minimum absolute atomic E-state index is 0.179. The number of nitrogen functional groups attached to an aromatic ring is 1. The van der Waals surface area contributed by atoms with E-state index < -0.39 is 0 Å². The summed E-state index contributed by atoms with van der Waals surface area (Å²) in [6.45, 7) is 1.98. The first-order chi connectivity index (χ1) is 8.67. The van der Waals surface area contributed by atoms with E-state index in [4.69, 9.17) is 5.73 Å². The van der Waals surface area contributed by atoms with Crippen molar-refractivity contribution in [3.05, 3.63) is 5.01 Å². The van der Waals surface area contributed by atoms with Crippen LogP contribution in [0.3, 0.4) is 0 Å². The van der Waals surface area contributed by atoms with Gasteiger partial charge in [-0.25, -0.2) is 5.10 Å². The molecule has 0 bridgehead atoms. The molecule has 0 aromatic carbocycles. The number of thioether (sulfide) groups is 1. The average molecular weight is 285 g/mol. The molecule has 2 heterocycles. The Bertz CT molecular complexity index is 537. The largest absolute Gasteiger partial charge is 0.368 e. The van der Waals surface area contributed by atoms with Gasteiger partial charge in [0.05, 0.1) is 5.75 Å². The van der Waals surface area contributed by atoms with Gasteiger partial charge in [-0.3, -0.25) is 10.1 Å². The fourth-order valence-electron chi connectivity index (χ4n) is 1.06. The zero-order valence-electron chi connectivity index (χ0n) is 9.51. The zero-order valence-corrected chi connectivity index (χ0v) is 11.1. The number of hydrogen-bond donors (Lipinski definition) is 3. The van der Waals surface area contributed by atoms with Crippen LogP contribution in [0, 0.1) is 0 Å². The lowest BCUT2D eigenvalue weighted by Crippen LogP contribution is -2.13. The molecule has 0 aliphatic carbocycles. The van der Waals surface area contributed by atoms with Gasteiger partial charge in [0.15, 0.2) is 0 Å². The van der Waals surface area contributed by atoms with Crippen molar-refractivity contribution in [1.82, 2.24) is 25.4 Å². The summed E-state index contributed by atoms with van der Waals surface area (Å²) >= 11 is 2.56. The molecule has 10 heteroatoms. The number of carbonyl (C=O) groups excluding carboxylic acids is 1. The Morgan fingerprint density at radius 3 is 3.00 bits per heavy atom. The van der Waals surface area contributed by atoms with Gasteiger partial charge in [0.1, 0.15) is 5.01 Å². The van der Waals surface area contributed by atoms with Crippen molar-refractivity contribution in [2.45, 2.75) is 18.5 Å². The number of carbonyl (C=O) groups is 1. The van der Waals surface area contributed by atoms with Gasteiger partial charge >= 0.3 is 0 Å². The molecule has 0 aliphatic heterocycles. The highest BCUT2D eigenvalue weighted by Crippen LogP contribution is 2.17. The number of amides is 1. The standard InChI is InChI=1S/C8H11N7OS2/c1-2-5-12-15-8(18-5)10-4(16)3-17-7-11-6(9)13-14-7/h2-3H2,1H3,(H,10,15,16)(H3,9,11,13,14). The van der Waals surface area contributed by atoms with Gasteiger partial charge in [-0.15, -0.1) is 15.3 Å². The molecule has 96 valence electrons. The minimum Gasteiger partial charge on any atom is -0.368 e. The normalized spacial score (nSPS) is 10.5. The molecule has 1 amide bonds. The number of nitrogens with zero attached hydrogens (tertiary/aromatic N) is 4. The third kappa shape index (κ3) is 3.40. The van der Waals surface area contributed by atoms with E-state index >= 15 is 0 Å². The average Bonchev–Trinajstić information content (AvgIpc) is 2.95. The molecule has 0 spiro atoms. The van der Waals surface area contributed by atoms with Crippen molar-refractivity contribution in [1.29, 1.82) is 0 Å². The summed E-state index contributed by atoms with van der Waals surface area (Å²) in [5, 5.41) is 18.6. The van der Waals surface area contributed by atoms with E-state index in [1.807, 2.05) is 6.92 Å². The highest BCUT2D eigenvalue weighted by molar-refractivity contribution is 7.99. The van der Waals surface area contributed by atoms with E-state index in [0.29, 0.717) is 10.3 Å². The molecule has 2 rings (SSSR count). The Morgan fingerprint density at radius 2 is 2.39 bits per heavy atom. The molecule has 0 radical (unpaired) electrons. The summed E-state index contributed by atoms with van der Waals surface area (Å²) in [7, 11) is 0. The lowest BCUT2D eigenvalue weighted by molar-refractivity contribution is -0.113. The summed E-state index contributed by atoms with van der Waals surface area (Å²) in [4.78, 5) is 15.5. The Morgan fingerprint density at radius 1 is 1.56 bits per heavy atom. The maximum absolute atomic E-state index is 11.6. The highest BCUT2D eigenvalue weighted by atomic mass is 32.2. The van der Waals surface area contributed by atoms with Crippen LogP contribution in [0.1, 0.15) is 11.9 Å². The molecule has 2 aromatic heterocycles. The molecule has 0 unspecified atom stereocenters. The summed E-state index contributed by atoms with van der Waals surface area (Å²) in [5.74, 6) is 0.245. The van der Waals surface area contributed by atoms with Gasteiger partial charge in [-0.1, -0.05) is 30.0 Å². The maximum atomic E-state index is 11.6. The Hall–Kier alpha value is -1.68. The third-order valence-electron chi connectivity index (χ3n) is 1.83. The number of aryl methyl sites for hydroxylation is 1. The number of aromatic amines is 1. The van der Waals surface area contributed by atoms with Crippen LogP contribution in [0.15, 0.2) is 5.16 Å². The fraction of sp³-hybridized carbons (Fsp3) is 0.375.